The minimum atomic E-state index is -8.51. The van der Waals surface area contributed by atoms with Crippen LogP contribution < -0.4 is 0 Å². The molecular weight excluding hydrogens is 1490 g/mol. The number of hydrogen-bond acceptors (Lipinski definition) is 0. The molecule has 4 aromatic rings. The van der Waals surface area contributed by atoms with Crippen LogP contribution in [0.1, 0.15) is 179 Å². The van der Waals surface area contributed by atoms with Crippen LogP contribution >= 0.6 is 17.2 Å². The molecule has 0 N–H and O–H groups in total. The van der Waals surface area contributed by atoms with E-state index in [1.165, 1.54) is 48.5 Å². The quantitative estimate of drug-likeness (QED) is 0.141. The van der Waals surface area contributed by atoms with E-state index in [2.05, 4.69) is 89.4 Å². The van der Waals surface area contributed by atoms with Crippen LogP contribution in [0.25, 0.3) is 0 Å². The Bertz CT molecular complexity index is 4250. The topological polar surface area (TPSA) is 0 Å². The van der Waals surface area contributed by atoms with Gasteiger partial charge in [0.25, 0.3) is 0 Å². The van der Waals surface area contributed by atoms with Gasteiger partial charge < -0.3 is 0 Å². The zero-order valence-corrected chi connectivity index (χ0v) is 67.3. The van der Waals surface area contributed by atoms with Gasteiger partial charge in [-0.05, 0) is 0 Å². The molecule has 8 unspecified atom stereocenters. The molecule has 514 valence electrons. The molecule has 8 atom stereocenters. The second-order valence-electron chi connectivity index (χ2n) is 34.4. The Labute approximate surface area is 588 Å². The van der Waals surface area contributed by atoms with E-state index in [0.29, 0.717) is 22.3 Å². The van der Waals surface area contributed by atoms with Crippen molar-refractivity contribution in [3.63, 3.8) is 0 Å². The van der Waals surface area contributed by atoms with Gasteiger partial charge in [-0.1, -0.05) is 0 Å². The maximum atomic E-state index is 17.1. The van der Waals surface area contributed by atoms with Gasteiger partial charge in [0.2, 0.25) is 0 Å². The zero-order chi connectivity index (χ0) is 71.8. The number of hydrogen-bond donors (Lipinski definition) is 0. The summed E-state index contributed by atoms with van der Waals surface area (Å²) in [4.78, 5) is 0. The fourth-order valence-corrected chi connectivity index (χ4v) is 196. The molecule has 2 heterocycles. The summed E-state index contributed by atoms with van der Waals surface area (Å²) >= 11 is -8.51. The predicted molar refractivity (Wildman–Crippen MR) is 396 cm³/mol. The summed E-state index contributed by atoms with van der Waals surface area (Å²) in [6.07, 6.45) is 41.4. The molecule has 2 fully saturated rings. The average molecular weight is 1580 g/mol. The molecule has 8 aliphatic carbocycles. The van der Waals surface area contributed by atoms with Crippen molar-refractivity contribution in [2.24, 2.45) is 0 Å². The van der Waals surface area contributed by atoms with Crippen LogP contribution in [0.5, 0.6) is 0 Å². The molecule has 0 amide bonds. The number of halogens is 10. The van der Waals surface area contributed by atoms with Crippen molar-refractivity contribution < 1.29 is 49.8 Å². The van der Waals surface area contributed by atoms with Gasteiger partial charge in [-0.25, -0.2) is 0 Å². The normalized spacial score (nSPS) is 31.2. The third-order valence-corrected chi connectivity index (χ3v) is 143. The van der Waals surface area contributed by atoms with E-state index in [1.54, 1.807) is 83.1 Å². The van der Waals surface area contributed by atoms with Gasteiger partial charge in [0, 0.05) is 0 Å². The first-order chi connectivity index (χ1) is 46.1. The third-order valence-electron chi connectivity index (χ3n) is 25.8. The molecule has 4 aromatic carbocycles. The minimum absolute atomic E-state index is 0.0213. The fourth-order valence-electron chi connectivity index (χ4n) is 23.8. The van der Waals surface area contributed by atoms with Crippen molar-refractivity contribution in [2.45, 2.75) is 180 Å². The molecule has 10 aliphatic rings. The van der Waals surface area contributed by atoms with Crippen LogP contribution in [0.2, 0.25) is 24.3 Å². The molecule has 99 heavy (non-hydrogen) atoms. The molecule has 0 radical (unpaired) electrons. The summed E-state index contributed by atoms with van der Waals surface area (Å²) in [7, 11) is 16.3. The van der Waals surface area contributed by atoms with Gasteiger partial charge in [0.1, 0.15) is 0 Å². The zero-order valence-electron chi connectivity index (χ0n) is 59.9. The Morgan fingerprint density at radius 2 is 0.485 bits per heavy atom. The molecule has 2 aliphatic heterocycles. The first kappa shape index (κ1) is 70.1. The Balaban J connectivity index is 1.19. The molecule has 14 rings (SSSR count). The van der Waals surface area contributed by atoms with Crippen molar-refractivity contribution >= 4 is 34.7 Å². The summed E-state index contributed by atoms with van der Waals surface area (Å²) < 4.78 is 132. The number of benzene rings is 4. The second kappa shape index (κ2) is 21.8. The molecule has 0 bridgehead atoms. The SMILES string of the molecule is CC1=CC2=C(C=CC=CC2c2cc(F)c(C(C)(C)C)c(F)c2)[C]12[SiH](C)[C]1(C(C)=CC3=C1C=CC=CC3c1cc(F)c(C(C)(C)C)c(F)c1)[Hf]21([Cl])([Cl])[C]2(C(C)=CC3=C2C=CC=CC3c2cc(F)c(C(C)(C)C)c(F)c2)[SiH](C)[C]12C(C)=CC1=C2C=CC=CC1c1cc(F)c(C(C)(C)C)c(F)c1. The van der Waals surface area contributed by atoms with Gasteiger partial charge in [0.15, 0.2) is 0 Å². The molecular formula is C86H88Cl2F8HfSi2. The van der Waals surface area contributed by atoms with Crippen LogP contribution in [-0.2, 0) is 36.3 Å². The first-order valence-corrected chi connectivity index (χ1v) is 55.6. The van der Waals surface area contributed by atoms with Crippen molar-refractivity contribution in [3.05, 3.63) is 328 Å². The third kappa shape index (κ3) is 7.97. The number of allylic oxidation sites excluding steroid dienone is 32. The van der Waals surface area contributed by atoms with E-state index < -0.39 is 135 Å². The molecule has 13 heteroatoms. The van der Waals surface area contributed by atoms with Crippen molar-refractivity contribution in [2.75, 3.05) is 0 Å². The molecule has 0 aromatic heterocycles. The molecule has 0 nitrogen and oxygen atoms in total. The average Bonchev–Trinajstić information content (AvgIpc) is 1.52. The molecule has 5 spiro atoms. The molecule has 0 saturated carbocycles. The van der Waals surface area contributed by atoms with Gasteiger partial charge >= 0.3 is 593 Å². The standard InChI is InChI=1S/2C43H44F4Si.2ClH.Hf/c2*1-24-18-32-28(26-20-34(44)38(35(45)21-26)42(3,4)5)14-10-12-16-30(32)40(24)48(9)41-25(2)19-33-29(15-11-13-17-31(33)41)27-22-36(46)39(37(47)23-27)43(6,7)8;;;/h2*10-23,28-29,48H,1-9H3;2*1H;/q;;;;+2/p-2. The number of fused-ring (bicyclic) bond motifs is 8. The van der Waals surface area contributed by atoms with Gasteiger partial charge in [0.05, 0.1) is 0 Å². The predicted octanol–water partition coefficient (Wildman–Crippen LogP) is 25.0. The monoisotopic (exact) mass is 1580 g/mol. The molecule has 2 saturated heterocycles. The van der Waals surface area contributed by atoms with Crippen molar-refractivity contribution in [3.8, 4) is 0 Å². The van der Waals surface area contributed by atoms with Crippen LogP contribution in [0, 0.1) is 46.5 Å². The summed E-state index contributed by atoms with van der Waals surface area (Å²) in [6.45, 7) is 35.0. The van der Waals surface area contributed by atoms with Gasteiger partial charge in [-0.3, -0.25) is 0 Å². The van der Waals surface area contributed by atoms with E-state index >= 15 is 35.1 Å². The maximum absolute atomic E-state index is 17.1. The van der Waals surface area contributed by atoms with Crippen molar-refractivity contribution in [1.82, 2.24) is 0 Å². The Kier molecular flexibility index (Phi) is 15.4. The van der Waals surface area contributed by atoms with E-state index in [4.69, 9.17) is 0 Å². The van der Waals surface area contributed by atoms with E-state index in [1.807, 2.05) is 72.9 Å². The summed E-state index contributed by atoms with van der Waals surface area (Å²) in [5.41, 5.74) is 8.45. The van der Waals surface area contributed by atoms with E-state index in [-0.39, 0.29) is 22.3 Å². The van der Waals surface area contributed by atoms with Gasteiger partial charge in [-0.2, -0.15) is 0 Å². The Morgan fingerprint density at radius 3 is 0.646 bits per heavy atom. The first-order valence-electron chi connectivity index (χ1n) is 34.9. The van der Waals surface area contributed by atoms with Crippen LogP contribution in [-0.4, -0.2) is 17.6 Å². The van der Waals surface area contributed by atoms with Gasteiger partial charge in [-0.15, -0.1) is 0 Å². The fraction of sp³-hybridized carbons (Fsp3) is 0.349. The van der Waals surface area contributed by atoms with Crippen LogP contribution in [0.15, 0.2) is 237 Å². The summed E-state index contributed by atoms with van der Waals surface area (Å²) in [6, 6.07) is 11.8. The summed E-state index contributed by atoms with van der Waals surface area (Å²) in [5.74, 6) is -8.19. The second-order valence-corrected chi connectivity index (χ2v) is 88.7. The summed E-state index contributed by atoms with van der Waals surface area (Å²) in [5, 5.41) is 0. The Hall–Kier alpha value is -5.96. The Morgan fingerprint density at radius 1 is 0.313 bits per heavy atom. The van der Waals surface area contributed by atoms with E-state index in [0.717, 1.165) is 66.9 Å². The number of rotatable bonds is 4. The van der Waals surface area contributed by atoms with E-state index in [9.17, 15) is 17.2 Å². The van der Waals surface area contributed by atoms with Crippen LogP contribution in [0.4, 0.5) is 35.1 Å². The van der Waals surface area contributed by atoms with Crippen molar-refractivity contribution in [1.29, 1.82) is 0 Å². The van der Waals surface area contributed by atoms with Crippen LogP contribution in [0.3, 0.4) is 0 Å².